The highest BCUT2D eigenvalue weighted by Gasteiger charge is 2.43. The van der Waals surface area contributed by atoms with Gasteiger partial charge in [0.1, 0.15) is 0 Å². The summed E-state index contributed by atoms with van der Waals surface area (Å²) in [7, 11) is 0. The molecule has 1 amide bonds. The van der Waals surface area contributed by atoms with Crippen LogP contribution in [0.25, 0.3) is 0 Å². The second-order valence-corrected chi connectivity index (χ2v) is 7.55. The van der Waals surface area contributed by atoms with Crippen molar-refractivity contribution in [2.45, 2.75) is 50.6 Å². The van der Waals surface area contributed by atoms with Crippen molar-refractivity contribution in [3.05, 3.63) is 35.4 Å². The Bertz CT molecular complexity index is 681. The van der Waals surface area contributed by atoms with Gasteiger partial charge in [-0.1, -0.05) is 12.1 Å². The highest BCUT2D eigenvalue weighted by atomic mass is 19.4. The number of benzene rings is 1. The van der Waals surface area contributed by atoms with E-state index >= 15 is 0 Å². The zero-order chi connectivity index (χ0) is 20.5. The maximum absolute atomic E-state index is 13.0. The molecule has 3 rings (SSSR count). The van der Waals surface area contributed by atoms with E-state index in [9.17, 15) is 31.1 Å². The zero-order valence-corrected chi connectivity index (χ0v) is 15.2. The predicted molar refractivity (Wildman–Crippen MR) is 90.2 cm³/mol. The molecule has 2 fully saturated rings. The molecule has 0 bridgehead atoms. The van der Waals surface area contributed by atoms with E-state index in [2.05, 4.69) is 0 Å². The molecule has 3 nitrogen and oxygen atoms in total. The fraction of sp³-hybridized carbons (Fsp3) is 0.632. The lowest BCUT2D eigenvalue weighted by Crippen LogP contribution is -2.48. The second kappa shape index (κ2) is 7.93. The first-order valence-electron chi connectivity index (χ1n) is 9.28. The number of rotatable bonds is 5. The zero-order valence-electron chi connectivity index (χ0n) is 15.2. The van der Waals surface area contributed by atoms with Crippen LogP contribution in [-0.2, 0) is 17.5 Å². The maximum Gasteiger partial charge on any atom is 0.416 e. The number of amides is 1. The van der Waals surface area contributed by atoms with Gasteiger partial charge >= 0.3 is 12.4 Å². The van der Waals surface area contributed by atoms with Gasteiger partial charge in [0.2, 0.25) is 5.91 Å². The molecule has 2 aliphatic rings. The number of halogens is 6. The minimum atomic E-state index is -4.41. The van der Waals surface area contributed by atoms with Crippen molar-refractivity contribution in [2.24, 2.45) is 5.92 Å². The molecule has 1 atom stereocenters. The first kappa shape index (κ1) is 21.0. The van der Waals surface area contributed by atoms with Crippen LogP contribution in [0.5, 0.6) is 0 Å². The molecule has 156 valence electrons. The number of nitrogens with zero attached hydrogens (tertiary/aromatic N) is 2. The van der Waals surface area contributed by atoms with Crippen LogP contribution in [0.3, 0.4) is 0 Å². The fourth-order valence-electron chi connectivity index (χ4n) is 3.53. The van der Waals surface area contributed by atoms with Gasteiger partial charge in [0.15, 0.2) is 0 Å². The molecule has 1 heterocycles. The summed E-state index contributed by atoms with van der Waals surface area (Å²) in [5.74, 6) is -1.85. The van der Waals surface area contributed by atoms with Gasteiger partial charge in [0, 0.05) is 25.7 Å². The van der Waals surface area contributed by atoms with Crippen LogP contribution < -0.4 is 0 Å². The van der Waals surface area contributed by atoms with Gasteiger partial charge in [-0.25, -0.2) is 0 Å². The Morgan fingerprint density at radius 2 is 1.68 bits per heavy atom. The third kappa shape index (κ3) is 5.40. The number of hydrogen-bond acceptors (Lipinski definition) is 2. The van der Waals surface area contributed by atoms with E-state index in [0.717, 1.165) is 25.0 Å². The van der Waals surface area contributed by atoms with E-state index < -0.39 is 23.8 Å². The summed E-state index contributed by atoms with van der Waals surface area (Å²) in [5.41, 5.74) is -0.101. The average molecular weight is 408 g/mol. The van der Waals surface area contributed by atoms with Gasteiger partial charge in [0.25, 0.3) is 0 Å². The van der Waals surface area contributed by atoms with Crippen molar-refractivity contribution in [1.82, 2.24) is 9.80 Å². The first-order valence-corrected chi connectivity index (χ1v) is 9.28. The largest absolute Gasteiger partial charge is 0.416 e. The molecule has 0 N–H and O–H groups in total. The van der Waals surface area contributed by atoms with Gasteiger partial charge in [0.05, 0.1) is 18.0 Å². The molecule has 1 saturated heterocycles. The lowest BCUT2D eigenvalue weighted by atomic mass is 9.97. The highest BCUT2D eigenvalue weighted by Crippen LogP contribution is 2.34. The Morgan fingerprint density at radius 3 is 2.21 bits per heavy atom. The maximum atomic E-state index is 13.0. The molecule has 28 heavy (non-hydrogen) atoms. The molecular formula is C19H22F6N2O. The van der Waals surface area contributed by atoms with Crippen molar-refractivity contribution in [1.29, 1.82) is 0 Å². The predicted octanol–water partition coefficient (Wildman–Crippen LogP) is 4.47. The Morgan fingerprint density at radius 1 is 1.04 bits per heavy atom. The van der Waals surface area contributed by atoms with Crippen molar-refractivity contribution in [3.63, 3.8) is 0 Å². The standard InChI is InChI=1S/C19H22F6N2O/c20-18(21,22)14-5-3-13(4-6-14)10-27(16-7-8-16)12-17(28)26-9-1-2-15(11-26)19(23,24)25/h3-6,15-16H,1-2,7-12H2. The third-order valence-electron chi connectivity index (χ3n) is 5.31. The average Bonchev–Trinajstić information content (AvgIpc) is 3.45. The van der Waals surface area contributed by atoms with Gasteiger partial charge in [-0.05, 0) is 43.4 Å². The minimum absolute atomic E-state index is 0.0176. The summed E-state index contributed by atoms with van der Waals surface area (Å²) < 4.78 is 76.9. The summed E-state index contributed by atoms with van der Waals surface area (Å²) in [4.78, 5) is 15.7. The van der Waals surface area contributed by atoms with E-state index in [1.807, 2.05) is 4.90 Å². The Balaban J connectivity index is 1.61. The molecule has 1 aliphatic heterocycles. The summed E-state index contributed by atoms with van der Waals surface area (Å²) in [5, 5.41) is 0. The van der Waals surface area contributed by atoms with E-state index in [1.165, 1.54) is 17.0 Å². The lowest BCUT2D eigenvalue weighted by molar-refractivity contribution is -0.188. The summed E-state index contributed by atoms with van der Waals surface area (Å²) in [6.45, 7) is 0.271. The smallest absolute Gasteiger partial charge is 0.341 e. The molecule has 1 aromatic rings. The van der Waals surface area contributed by atoms with Crippen molar-refractivity contribution >= 4 is 5.91 Å². The Kier molecular flexibility index (Phi) is 5.93. The fourth-order valence-corrected chi connectivity index (χ4v) is 3.53. The van der Waals surface area contributed by atoms with E-state index in [4.69, 9.17) is 0 Å². The molecule has 1 aliphatic carbocycles. The van der Waals surface area contributed by atoms with Gasteiger partial charge in [-0.3, -0.25) is 9.69 Å². The molecule has 0 radical (unpaired) electrons. The highest BCUT2D eigenvalue weighted by molar-refractivity contribution is 5.78. The molecule has 9 heteroatoms. The van der Waals surface area contributed by atoms with Crippen LogP contribution in [0, 0.1) is 5.92 Å². The Labute approximate surface area is 159 Å². The molecule has 1 aromatic carbocycles. The first-order chi connectivity index (χ1) is 13.0. The number of likely N-dealkylation sites (tertiary alicyclic amines) is 1. The summed E-state index contributed by atoms with van der Waals surface area (Å²) >= 11 is 0. The van der Waals surface area contributed by atoms with Crippen LogP contribution in [0.15, 0.2) is 24.3 Å². The molecule has 1 unspecified atom stereocenters. The Hall–Kier alpha value is -1.77. The monoisotopic (exact) mass is 408 g/mol. The molecule has 0 spiro atoms. The second-order valence-electron chi connectivity index (χ2n) is 7.55. The SMILES string of the molecule is O=C(CN(Cc1ccc(C(F)(F)F)cc1)C1CC1)N1CCCC(C(F)(F)F)C1. The summed E-state index contributed by atoms with van der Waals surface area (Å²) in [6.07, 6.45) is -6.62. The van der Waals surface area contributed by atoms with Crippen LogP contribution >= 0.6 is 0 Å². The molecular weight excluding hydrogens is 386 g/mol. The molecule has 0 aromatic heterocycles. The van der Waals surface area contributed by atoms with E-state index in [0.29, 0.717) is 25.1 Å². The van der Waals surface area contributed by atoms with Gasteiger partial charge in [-0.15, -0.1) is 0 Å². The van der Waals surface area contributed by atoms with Crippen molar-refractivity contribution in [2.75, 3.05) is 19.6 Å². The van der Waals surface area contributed by atoms with Crippen LogP contribution in [0.4, 0.5) is 26.3 Å². The number of piperidine rings is 1. The number of carbonyl (C=O) groups is 1. The number of carbonyl (C=O) groups excluding carboxylic acids is 1. The quantitative estimate of drug-likeness (QED) is 0.672. The number of alkyl halides is 6. The van der Waals surface area contributed by atoms with Crippen LogP contribution in [-0.4, -0.2) is 47.6 Å². The normalized spacial score (nSPS) is 21.2. The minimum Gasteiger partial charge on any atom is -0.341 e. The topological polar surface area (TPSA) is 23.6 Å². The van der Waals surface area contributed by atoms with Crippen molar-refractivity contribution in [3.8, 4) is 0 Å². The third-order valence-corrected chi connectivity index (χ3v) is 5.31. The van der Waals surface area contributed by atoms with Crippen LogP contribution in [0.2, 0.25) is 0 Å². The van der Waals surface area contributed by atoms with E-state index in [-0.39, 0.29) is 31.5 Å². The van der Waals surface area contributed by atoms with E-state index in [1.54, 1.807) is 0 Å². The number of hydrogen-bond donors (Lipinski definition) is 0. The molecule has 1 saturated carbocycles. The van der Waals surface area contributed by atoms with Gasteiger partial charge < -0.3 is 4.90 Å². The summed E-state index contributed by atoms with van der Waals surface area (Å²) in [6, 6.07) is 4.91. The van der Waals surface area contributed by atoms with Crippen molar-refractivity contribution < 1.29 is 31.1 Å². The van der Waals surface area contributed by atoms with Gasteiger partial charge in [-0.2, -0.15) is 26.3 Å². The lowest BCUT2D eigenvalue weighted by Gasteiger charge is -2.35. The van der Waals surface area contributed by atoms with Crippen LogP contribution in [0.1, 0.15) is 36.8 Å².